The second-order valence-electron chi connectivity index (χ2n) is 15.0. The van der Waals surface area contributed by atoms with Crippen molar-refractivity contribution in [3.05, 3.63) is 182 Å². The van der Waals surface area contributed by atoms with Crippen molar-refractivity contribution in [2.24, 2.45) is 0 Å². The largest absolute Gasteiger partial charge is 0.308 e. The third kappa shape index (κ3) is 4.67. The van der Waals surface area contributed by atoms with Crippen LogP contribution < -0.4 is 0 Å². The fourth-order valence-corrected chi connectivity index (χ4v) is 11.4. The summed E-state index contributed by atoms with van der Waals surface area (Å²) in [5.74, 6) is 0. The van der Waals surface area contributed by atoms with Crippen molar-refractivity contribution in [1.82, 2.24) is 19.1 Å². The fraction of sp³-hybridized carbons (Fsp3) is 0. The van der Waals surface area contributed by atoms with Gasteiger partial charge in [-0.05, 0) is 131 Å². The minimum Gasteiger partial charge on any atom is -0.308 e. The van der Waals surface area contributed by atoms with Crippen molar-refractivity contribution in [2.75, 3.05) is 0 Å². The average Bonchev–Trinajstić information content (AvgIpc) is 4.02. The van der Waals surface area contributed by atoms with Gasteiger partial charge in [0.1, 0.15) is 0 Å². The summed E-state index contributed by atoms with van der Waals surface area (Å²) in [7, 11) is 0. The summed E-state index contributed by atoms with van der Waals surface area (Å²) < 4.78 is 9.88. The summed E-state index contributed by atoms with van der Waals surface area (Å²) in [5, 5.41) is 7.57. The molecule has 0 aliphatic carbocycles. The lowest BCUT2D eigenvalue weighted by Crippen LogP contribution is -1.93. The van der Waals surface area contributed by atoms with E-state index in [1.54, 1.807) is 0 Å². The number of thiophene rings is 2. The van der Waals surface area contributed by atoms with E-state index in [2.05, 4.69) is 167 Å². The molecule has 6 aromatic heterocycles. The number of para-hydroxylation sites is 2. The van der Waals surface area contributed by atoms with Crippen LogP contribution in [-0.4, -0.2) is 19.1 Å². The SMILES string of the molecule is c1ccc(-n2c3ccc(-c4ccc5sc6cc7c(cc6c5c4)sc4ccc(-c5ccc6c(c5)c5ncccc5n6-c5ccccc5)cc47)cc3c3ncccc32)cc1. The highest BCUT2D eigenvalue weighted by molar-refractivity contribution is 7.27. The van der Waals surface area contributed by atoms with Gasteiger partial charge < -0.3 is 9.13 Å². The molecule has 7 aromatic carbocycles. The number of fused-ring (bicyclic) bond motifs is 12. The Morgan fingerprint density at radius 1 is 0.310 bits per heavy atom. The van der Waals surface area contributed by atoms with Crippen molar-refractivity contribution in [3.8, 4) is 33.6 Å². The predicted molar refractivity (Wildman–Crippen MR) is 247 cm³/mol. The predicted octanol–water partition coefficient (Wildman–Crippen LogP) is 14.7. The van der Waals surface area contributed by atoms with E-state index in [1.165, 1.54) is 62.6 Å². The molecule has 0 fully saturated rings. The number of benzene rings is 7. The molecule has 58 heavy (non-hydrogen) atoms. The number of nitrogens with zero attached hydrogens (tertiary/aromatic N) is 4. The van der Waals surface area contributed by atoms with Gasteiger partial charge in [0, 0.05) is 74.9 Å². The van der Waals surface area contributed by atoms with E-state index in [-0.39, 0.29) is 0 Å². The van der Waals surface area contributed by atoms with Gasteiger partial charge in [-0.3, -0.25) is 9.97 Å². The van der Waals surface area contributed by atoms with Crippen molar-refractivity contribution < 1.29 is 0 Å². The van der Waals surface area contributed by atoms with Gasteiger partial charge in [0.2, 0.25) is 0 Å². The first kappa shape index (κ1) is 32.0. The maximum absolute atomic E-state index is 4.86. The molecular formula is C52H30N4S2. The van der Waals surface area contributed by atoms with Crippen molar-refractivity contribution >= 4 is 107 Å². The van der Waals surface area contributed by atoms with Crippen LogP contribution in [0.2, 0.25) is 0 Å². The van der Waals surface area contributed by atoms with E-state index >= 15 is 0 Å². The summed E-state index contributed by atoms with van der Waals surface area (Å²) in [6.07, 6.45) is 3.79. The summed E-state index contributed by atoms with van der Waals surface area (Å²) in [5.41, 5.74) is 13.7. The van der Waals surface area contributed by atoms with Gasteiger partial charge in [0.15, 0.2) is 0 Å². The summed E-state index contributed by atoms with van der Waals surface area (Å²) in [6, 6.07) is 61.9. The molecule has 0 amide bonds. The second-order valence-corrected chi connectivity index (χ2v) is 17.2. The normalized spacial score (nSPS) is 12.1. The quantitative estimate of drug-likeness (QED) is 0.178. The molecular weight excluding hydrogens is 745 g/mol. The first-order valence-corrected chi connectivity index (χ1v) is 21.1. The highest BCUT2D eigenvalue weighted by Crippen LogP contribution is 2.44. The van der Waals surface area contributed by atoms with Gasteiger partial charge in [0.05, 0.1) is 33.1 Å². The Balaban J connectivity index is 0.917. The smallest absolute Gasteiger partial charge is 0.0963 e. The third-order valence-corrected chi connectivity index (χ3v) is 14.1. The van der Waals surface area contributed by atoms with Crippen LogP contribution in [0.4, 0.5) is 0 Å². The molecule has 0 N–H and O–H groups in total. The second kappa shape index (κ2) is 12.2. The number of aromatic nitrogens is 4. The lowest BCUT2D eigenvalue weighted by molar-refractivity contribution is 1.18. The number of rotatable bonds is 4. The Labute approximate surface area is 340 Å². The molecule has 0 spiro atoms. The molecule has 13 aromatic rings. The molecule has 0 saturated carbocycles. The minimum atomic E-state index is 1.02. The van der Waals surface area contributed by atoms with Crippen LogP contribution in [0.5, 0.6) is 0 Å². The van der Waals surface area contributed by atoms with Gasteiger partial charge in [-0.1, -0.05) is 60.7 Å². The molecule has 270 valence electrons. The van der Waals surface area contributed by atoms with Crippen LogP contribution in [0, 0.1) is 0 Å². The Morgan fingerprint density at radius 2 is 0.707 bits per heavy atom. The van der Waals surface area contributed by atoms with E-state index < -0.39 is 0 Å². The van der Waals surface area contributed by atoms with Gasteiger partial charge in [-0.15, -0.1) is 22.7 Å². The highest BCUT2D eigenvalue weighted by atomic mass is 32.1. The summed E-state index contributed by atoms with van der Waals surface area (Å²) in [4.78, 5) is 9.71. The van der Waals surface area contributed by atoms with Crippen molar-refractivity contribution in [2.45, 2.75) is 0 Å². The van der Waals surface area contributed by atoms with Crippen LogP contribution in [0.25, 0.3) is 118 Å². The van der Waals surface area contributed by atoms with E-state index in [0.717, 1.165) is 55.2 Å². The van der Waals surface area contributed by atoms with Crippen LogP contribution in [0.15, 0.2) is 182 Å². The van der Waals surface area contributed by atoms with Crippen LogP contribution in [-0.2, 0) is 0 Å². The monoisotopic (exact) mass is 774 g/mol. The van der Waals surface area contributed by atoms with Crippen molar-refractivity contribution in [3.63, 3.8) is 0 Å². The molecule has 0 unspecified atom stereocenters. The Hall–Kier alpha value is -7.12. The van der Waals surface area contributed by atoms with Crippen molar-refractivity contribution in [1.29, 1.82) is 0 Å². The number of pyridine rings is 2. The zero-order chi connectivity index (χ0) is 37.9. The molecule has 0 atom stereocenters. The Kier molecular flexibility index (Phi) is 6.73. The van der Waals surface area contributed by atoms with Crippen LogP contribution >= 0.6 is 22.7 Å². The zero-order valence-corrected chi connectivity index (χ0v) is 32.6. The van der Waals surface area contributed by atoms with Crippen LogP contribution in [0.1, 0.15) is 0 Å². The topological polar surface area (TPSA) is 35.6 Å². The molecule has 4 nitrogen and oxygen atoms in total. The zero-order valence-electron chi connectivity index (χ0n) is 30.9. The highest BCUT2D eigenvalue weighted by Gasteiger charge is 2.18. The van der Waals surface area contributed by atoms with Gasteiger partial charge in [0.25, 0.3) is 0 Å². The van der Waals surface area contributed by atoms with Gasteiger partial charge in [-0.25, -0.2) is 0 Å². The Bertz CT molecular complexity index is 3540. The first-order valence-electron chi connectivity index (χ1n) is 19.5. The Morgan fingerprint density at radius 3 is 1.16 bits per heavy atom. The van der Waals surface area contributed by atoms with Gasteiger partial charge in [-0.2, -0.15) is 0 Å². The maximum atomic E-state index is 4.86. The van der Waals surface area contributed by atoms with E-state index in [4.69, 9.17) is 9.97 Å². The molecule has 0 saturated heterocycles. The van der Waals surface area contributed by atoms with E-state index in [0.29, 0.717) is 0 Å². The minimum absolute atomic E-state index is 1.02. The van der Waals surface area contributed by atoms with Gasteiger partial charge >= 0.3 is 0 Å². The third-order valence-electron chi connectivity index (χ3n) is 11.8. The number of hydrogen-bond acceptors (Lipinski definition) is 4. The first-order chi connectivity index (χ1) is 28.7. The maximum Gasteiger partial charge on any atom is 0.0963 e. The summed E-state index contributed by atoms with van der Waals surface area (Å²) in [6.45, 7) is 0. The van der Waals surface area contributed by atoms with Crippen LogP contribution in [0.3, 0.4) is 0 Å². The molecule has 0 bridgehead atoms. The molecule has 6 heteroatoms. The standard InChI is InChI=1S/C52H30N4S2/c1-3-9-35(10-4-1)55-43-19-15-31(27-41(43)51-45(55)13-7-23-53-51)33-17-21-47-37(25-33)39-29-50-40(30-49(39)57-47)38-26-34(18-22-48(38)58-50)32-16-20-44-42(28-32)52-46(14-8-24-54-52)56(44)36-11-5-2-6-12-36/h1-30H. The average molecular weight is 775 g/mol. The van der Waals surface area contributed by atoms with E-state index in [9.17, 15) is 0 Å². The van der Waals surface area contributed by atoms with E-state index in [1.807, 2.05) is 47.2 Å². The molecule has 0 aliphatic rings. The fourth-order valence-electron chi connectivity index (χ4n) is 9.14. The summed E-state index contributed by atoms with van der Waals surface area (Å²) >= 11 is 3.77. The molecule has 0 radical (unpaired) electrons. The molecule has 6 heterocycles. The lowest BCUT2D eigenvalue weighted by Gasteiger charge is -2.08. The lowest BCUT2D eigenvalue weighted by atomic mass is 10.00. The molecule has 13 rings (SSSR count). The molecule has 0 aliphatic heterocycles. The number of hydrogen-bond donors (Lipinski definition) is 0.